The maximum atomic E-state index is 9.72. The molecule has 2 aliphatic rings. The number of para-hydroxylation sites is 1. The van der Waals surface area contributed by atoms with Crippen molar-refractivity contribution in [1.82, 2.24) is 0 Å². The van der Waals surface area contributed by atoms with E-state index in [2.05, 4.69) is 0 Å². The van der Waals surface area contributed by atoms with Gasteiger partial charge >= 0.3 is 0 Å². The minimum absolute atomic E-state index is 0.457. The van der Waals surface area contributed by atoms with Gasteiger partial charge in [0.15, 0.2) is 0 Å². The molecule has 0 saturated heterocycles. The third-order valence-electron chi connectivity index (χ3n) is 4.71. The number of hydrogen-bond donors (Lipinski definition) is 1. The first kappa shape index (κ1) is 12.0. The molecule has 1 aromatic rings. The van der Waals surface area contributed by atoms with Crippen molar-refractivity contribution in [2.24, 2.45) is 17.8 Å². The monoisotopic (exact) mass is 246 g/mol. The summed E-state index contributed by atoms with van der Waals surface area (Å²) in [6, 6.07) is 7.84. The van der Waals surface area contributed by atoms with E-state index in [-0.39, 0.29) is 0 Å². The molecule has 98 valence electrons. The lowest BCUT2D eigenvalue weighted by Crippen LogP contribution is -2.19. The van der Waals surface area contributed by atoms with Crippen LogP contribution in [0.4, 0.5) is 0 Å². The number of aliphatic hydroxyl groups excluding tert-OH is 1. The third-order valence-corrected chi connectivity index (χ3v) is 4.71. The Labute approximate surface area is 109 Å². The molecule has 2 heteroatoms. The van der Waals surface area contributed by atoms with E-state index in [0.29, 0.717) is 0 Å². The molecule has 2 nitrogen and oxygen atoms in total. The fourth-order valence-electron chi connectivity index (χ4n) is 3.73. The van der Waals surface area contributed by atoms with Crippen molar-refractivity contribution in [3.8, 4) is 5.75 Å². The highest BCUT2D eigenvalue weighted by molar-refractivity contribution is 5.34. The molecule has 2 bridgehead atoms. The minimum Gasteiger partial charge on any atom is -0.493 e. The SMILES string of the molecule is C[C@H](O)c1ccccc1OCC1CC2CCC1C2. The fraction of sp³-hybridized carbons (Fsp3) is 0.625. The van der Waals surface area contributed by atoms with Crippen molar-refractivity contribution >= 4 is 0 Å². The molecule has 4 atom stereocenters. The molecule has 0 amide bonds. The van der Waals surface area contributed by atoms with Gasteiger partial charge in [0, 0.05) is 5.56 Å². The fourth-order valence-corrected chi connectivity index (χ4v) is 3.73. The zero-order chi connectivity index (χ0) is 12.5. The van der Waals surface area contributed by atoms with E-state index >= 15 is 0 Å². The van der Waals surface area contributed by atoms with Gasteiger partial charge in [0.25, 0.3) is 0 Å². The number of aliphatic hydroxyl groups is 1. The lowest BCUT2D eigenvalue weighted by Gasteiger charge is -2.22. The molecule has 0 spiro atoms. The Morgan fingerprint density at radius 1 is 1.28 bits per heavy atom. The van der Waals surface area contributed by atoms with Gasteiger partial charge in [-0.25, -0.2) is 0 Å². The average molecular weight is 246 g/mol. The number of rotatable bonds is 4. The van der Waals surface area contributed by atoms with Crippen LogP contribution in [-0.2, 0) is 0 Å². The third kappa shape index (κ3) is 2.26. The number of fused-ring (bicyclic) bond motifs is 2. The highest BCUT2D eigenvalue weighted by atomic mass is 16.5. The van der Waals surface area contributed by atoms with Crippen LogP contribution in [0.5, 0.6) is 5.75 Å². The number of benzene rings is 1. The van der Waals surface area contributed by atoms with Gasteiger partial charge in [-0.2, -0.15) is 0 Å². The topological polar surface area (TPSA) is 29.5 Å². The molecule has 1 aromatic carbocycles. The largest absolute Gasteiger partial charge is 0.493 e. The number of ether oxygens (including phenoxy) is 1. The highest BCUT2D eigenvalue weighted by Gasteiger charge is 2.39. The van der Waals surface area contributed by atoms with E-state index in [1.807, 2.05) is 24.3 Å². The van der Waals surface area contributed by atoms with Crippen LogP contribution in [0.2, 0.25) is 0 Å². The molecule has 2 fully saturated rings. The van der Waals surface area contributed by atoms with Crippen molar-refractivity contribution in [2.75, 3.05) is 6.61 Å². The predicted molar refractivity (Wildman–Crippen MR) is 71.5 cm³/mol. The Bertz CT molecular complexity index is 413. The maximum absolute atomic E-state index is 9.72. The molecule has 3 rings (SSSR count). The predicted octanol–water partition coefficient (Wildman–Crippen LogP) is 3.55. The van der Waals surface area contributed by atoms with E-state index in [1.165, 1.54) is 25.7 Å². The summed E-state index contributed by atoms with van der Waals surface area (Å²) in [4.78, 5) is 0. The molecule has 0 radical (unpaired) electrons. The molecular formula is C16H22O2. The van der Waals surface area contributed by atoms with E-state index in [4.69, 9.17) is 4.74 Å². The van der Waals surface area contributed by atoms with Gasteiger partial charge in [-0.05, 0) is 50.0 Å². The summed E-state index contributed by atoms with van der Waals surface area (Å²) >= 11 is 0. The first-order valence-corrected chi connectivity index (χ1v) is 7.14. The molecule has 2 saturated carbocycles. The van der Waals surface area contributed by atoms with Crippen LogP contribution in [0.3, 0.4) is 0 Å². The summed E-state index contributed by atoms with van der Waals surface area (Å²) in [7, 11) is 0. The zero-order valence-electron chi connectivity index (χ0n) is 11.0. The van der Waals surface area contributed by atoms with Gasteiger partial charge in [-0.15, -0.1) is 0 Å². The van der Waals surface area contributed by atoms with Crippen molar-refractivity contribution in [1.29, 1.82) is 0 Å². The maximum Gasteiger partial charge on any atom is 0.125 e. The van der Waals surface area contributed by atoms with Gasteiger partial charge in [0.05, 0.1) is 12.7 Å². The molecule has 0 aliphatic heterocycles. The molecule has 1 N–H and O–H groups in total. The van der Waals surface area contributed by atoms with Crippen LogP contribution in [0.25, 0.3) is 0 Å². The lowest BCUT2D eigenvalue weighted by atomic mass is 9.89. The Kier molecular flexibility index (Phi) is 3.29. The second-order valence-corrected chi connectivity index (χ2v) is 5.96. The molecular weight excluding hydrogens is 224 g/mol. The quantitative estimate of drug-likeness (QED) is 0.880. The average Bonchev–Trinajstić information content (AvgIpc) is 2.98. The van der Waals surface area contributed by atoms with Crippen molar-refractivity contribution in [3.63, 3.8) is 0 Å². The van der Waals surface area contributed by atoms with Gasteiger partial charge in [0.2, 0.25) is 0 Å². The minimum atomic E-state index is -0.457. The normalized spacial score (nSPS) is 31.6. The van der Waals surface area contributed by atoms with Crippen LogP contribution in [0.15, 0.2) is 24.3 Å². The Balaban J connectivity index is 1.63. The first-order valence-electron chi connectivity index (χ1n) is 7.14. The molecule has 0 heterocycles. The van der Waals surface area contributed by atoms with Crippen LogP contribution >= 0.6 is 0 Å². The van der Waals surface area contributed by atoms with Crippen molar-refractivity contribution in [3.05, 3.63) is 29.8 Å². The second-order valence-electron chi connectivity index (χ2n) is 5.96. The molecule has 18 heavy (non-hydrogen) atoms. The second kappa shape index (κ2) is 4.93. The summed E-state index contributed by atoms with van der Waals surface area (Å²) in [6.07, 6.45) is 5.15. The van der Waals surface area contributed by atoms with E-state index < -0.39 is 6.10 Å². The zero-order valence-corrected chi connectivity index (χ0v) is 11.0. The van der Waals surface area contributed by atoms with Crippen LogP contribution in [0.1, 0.15) is 44.3 Å². The Morgan fingerprint density at radius 2 is 2.11 bits per heavy atom. The molecule has 3 unspecified atom stereocenters. The van der Waals surface area contributed by atoms with Gasteiger partial charge in [0.1, 0.15) is 5.75 Å². The standard InChI is InChI=1S/C16H22O2/c1-11(17)15-4-2-3-5-16(15)18-10-14-9-12-6-7-13(14)8-12/h2-5,11-14,17H,6-10H2,1H3/t11-,12?,13?,14?/m0/s1. The van der Waals surface area contributed by atoms with E-state index in [0.717, 1.165) is 35.7 Å². The van der Waals surface area contributed by atoms with Crippen LogP contribution < -0.4 is 4.74 Å². The van der Waals surface area contributed by atoms with Crippen LogP contribution in [0, 0.1) is 17.8 Å². The van der Waals surface area contributed by atoms with Gasteiger partial charge in [-0.3, -0.25) is 0 Å². The van der Waals surface area contributed by atoms with Gasteiger partial charge < -0.3 is 9.84 Å². The smallest absolute Gasteiger partial charge is 0.125 e. The summed E-state index contributed by atoms with van der Waals surface area (Å²) in [5, 5.41) is 9.72. The summed E-state index contributed by atoms with van der Waals surface area (Å²) < 4.78 is 5.98. The summed E-state index contributed by atoms with van der Waals surface area (Å²) in [6.45, 7) is 2.62. The highest BCUT2D eigenvalue weighted by Crippen LogP contribution is 2.48. The molecule has 2 aliphatic carbocycles. The lowest BCUT2D eigenvalue weighted by molar-refractivity contribution is 0.172. The van der Waals surface area contributed by atoms with Crippen molar-refractivity contribution < 1.29 is 9.84 Å². The number of hydrogen-bond acceptors (Lipinski definition) is 2. The van der Waals surface area contributed by atoms with Crippen LogP contribution in [-0.4, -0.2) is 11.7 Å². The van der Waals surface area contributed by atoms with E-state index in [9.17, 15) is 5.11 Å². The van der Waals surface area contributed by atoms with E-state index in [1.54, 1.807) is 6.92 Å². The Morgan fingerprint density at radius 3 is 2.78 bits per heavy atom. The molecule has 0 aromatic heterocycles. The first-order chi connectivity index (χ1) is 8.74. The Hall–Kier alpha value is -1.02. The summed E-state index contributed by atoms with van der Waals surface area (Å²) in [5.74, 6) is 3.46. The summed E-state index contributed by atoms with van der Waals surface area (Å²) in [5.41, 5.74) is 0.903. The van der Waals surface area contributed by atoms with Gasteiger partial charge in [-0.1, -0.05) is 24.6 Å². The van der Waals surface area contributed by atoms with Crippen molar-refractivity contribution in [2.45, 2.75) is 38.7 Å².